The van der Waals surface area contributed by atoms with Gasteiger partial charge >= 0.3 is 0 Å². The summed E-state index contributed by atoms with van der Waals surface area (Å²) < 4.78 is 52.9. The highest BCUT2D eigenvalue weighted by atomic mass is 32.2. The van der Waals surface area contributed by atoms with Crippen LogP contribution in [0.1, 0.15) is 6.92 Å². The summed E-state index contributed by atoms with van der Waals surface area (Å²) in [5.74, 6) is -1.85. The van der Waals surface area contributed by atoms with E-state index in [-0.39, 0.29) is 17.3 Å². The molecule has 0 spiro atoms. The van der Waals surface area contributed by atoms with Crippen LogP contribution in [0.4, 0.5) is 26.1 Å². The number of pyridine rings is 1. The van der Waals surface area contributed by atoms with E-state index in [1.54, 1.807) is 13.0 Å². The van der Waals surface area contributed by atoms with Crippen LogP contribution in [-0.4, -0.2) is 52.4 Å². The molecule has 0 fully saturated rings. The third-order valence-corrected chi connectivity index (χ3v) is 5.88. The summed E-state index contributed by atoms with van der Waals surface area (Å²) in [5.41, 5.74) is 1.78. The van der Waals surface area contributed by atoms with Gasteiger partial charge in [-0.05, 0) is 25.1 Å². The molecule has 33 heavy (non-hydrogen) atoms. The number of aliphatic hydroxyl groups is 1. The molecule has 0 saturated carbocycles. The topological polar surface area (TPSA) is 133 Å². The zero-order valence-corrected chi connectivity index (χ0v) is 18.4. The van der Waals surface area contributed by atoms with E-state index < -0.39 is 32.5 Å². The normalized spacial score (nSPS) is 12.6. The number of fused-ring (bicyclic) bond motifs is 1. The minimum Gasteiger partial charge on any atom is -0.392 e. The predicted molar refractivity (Wildman–Crippen MR) is 120 cm³/mol. The van der Waals surface area contributed by atoms with Crippen LogP contribution in [0.3, 0.4) is 0 Å². The van der Waals surface area contributed by atoms with Crippen molar-refractivity contribution in [2.45, 2.75) is 17.9 Å². The first-order valence-corrected chi connectivity index (χ1v) is 11.7. The van der Waals surface area contributed by atoms with E-state index in [0.29, 0.717) is 28.8 Å². The standard InChI is InChI=1S/C21H20F2N6O3S/c1-11(30)8-25-15-6-7-24-19-12(9-26-20(15)19)18-13(22)10-27-21(29-18)28-14-4-3-5-16(17(14)23)33(2,31)32/h3-7,9-11,26,30H,8H2,1-2H3,(H,24,25)(H,27,28,29). The maximum atomic E-state index is 14.7. The van der Waals surface area contributed by atoms with Crippen molar-refractivity contribution in [3.63, 3.8) is 0 Å². The fourth-order valence-corrected chi connectivity index (χ4v) is 4.00. The quantitative estimate of drug-likeness (QED) is 0.321. The van der Waals surface area contributed by atoms with Gasteiger partial charge in [0.1, 0.15) is 10.6 Å². The van der Waals surface area contributed by atoms with Crippen molar-refractivity contribution in [1.82, 2.24) is 19.9 Å². The van der Waals surface area contributed by atoms with Gasteiger partial charge in [0.2, 0.25) is 5.95 Å². The maximum absolute atomic E-state index is 14.7. The highest BCUT2D eigenvalue weighted by Crippen LogP contribution is 2.32. The molecule has 3 aromatic heterocycles. The number of hydrogen-bond donors (Lipinski definition) is 4. The van der Waals surface area contributed by atoms with Crippen molar-refractivity contribution in [2.75, 3.05) is 23.4 Å². The van der Waals surface area contributed by atoms with E-state index >= 15 is 0 Å². The zero-order chi connectivity index (χ0) is 23.8. The van der Waals surface area contributed by atoms with E-state index in [1.165, 1.54) is 24.5 Å². The van der Waals surface area contributed by atoms with Gasteiger partial charge in [-0.3, -0.25) is 4.98 Å². The summed E-state index contributed by atoms with van der Waals surface area (Å²) in [6.45, 7) is 1.95. The number of nitrogens with one attached hydrogen (secondary N) is 3. The van der Waals surface area contributed by atoms with E-state index in [1.807, 2.05) is 0 Å². The van der Waals surface area contributed by atoms with E-state index in [0.717, 1.165) is 18.5 Å². The summed E-state index contributed by atoms with van der Waals surface area (Å²) in [6.07, 6.45) is 4.32. The van der Waals surface area contributed by atoms with E-state index in [2.05, 4.69) is 30.6 Å². The lowest BCUT2D eigenvalue weighted by Crippen LogP contribution is -2.15. The first kappa shape index (κ1) is 22.6. The summed E-state index contributed by atoms with van der Waals surface area (Å²) in [5, 5.41) is 15.2. The van der Waals surface area contributed by atoms with Crippen LogP contribution in [0.25, 0.3) is 22.3 Å². The number of nitrogens with zero attached hydrogens (tertiary/aromatic N) is 3. The lowest BCUT2D eigenvalue weighted by atomic mass is 10.2. The molecule has 0 aliphatic heterocycles. The average Bonchev–Trinajstić information content (AvgIpc) is 3.18. The van der Waals surface area contributed by atoms with Gasteiger partial charge in [0.05, 0.1) is 34.7 Å². The van der Waals surface area contributed by atoms with Gasteiger partial charge in [-0.25, -0.2) is 27.2 Å². The smallest absolute Gasteiger partial charge is 0.228 e. The Balaban J connectivity index is 1.72. The Hall–Kier alpha value is -3.64. The van der Waals surface area contributed by atoms with Crippen molar-refractivity contribution < 1.29 is 22.3 Å². The summed E-state index contributed by atoms with van der Waals surface area (Å²) in [6, 6.07) is 5.56. The minimum atomic E-state index is -3.79. The number of aliphatic hydroxyl groups excluding tert-OH is 1. The van der Waals surface area contributed by atoms with Gasteiger partial charge in [-0.1, -0.05) is 6.07 Å². The van der Waals surface area contributed by atoms with Crippen molar-refractivity contribution in [3.8, 4) is 11.3 Å². The SMILES string of the molecule is CC(O)CNc1ccnc2c(-c3nc(Nc4cccc(S(C)(=O)=O)c4F)ncc3F)c[nH]c12. The number of H-pyrrole nitrogens is 1. The zero-order valence-electron chi connectivity index (χ0n) is 17.6. The molecule has 0 bridgehead atoms. The predicted octanol–water partition coefficient (Wildman–Crippen LogP) is 3.24. The Morgan fingerprint density at radius 2 is 1.97 bits per heavy atom. The molecule has 1 atom stereocenters. The monoisotopic (exact) mass is 474 g/mol. The molecule has 9 nitrogen and oxygen atoms in total. The number of anilines is 3. The van der Waals surface area contributed by atoms with E-state index in [4.69, 9.17) is 0 Å². The first-order chi connectivity index (χ1) is 15.6. The highest BCUT2D eigenvalue weighted by molar-refractivity contribution is 7.90. The van der Waals surface area contributed by atoms with Crippen LogP contribution in [0.2, 0.25) is 0 Å². The number of benzene rings is 1. The number of hydrogen-bond acceptors (Lipinski definition) is 8. The third kappa shape index (κ3) is 4.61. The van der Waals surface area contributed by atoms with Gasteiger partial charge < -0.3 is 20.7 Å². The lowest BCUT2D eigenvalue weighted by Gasteiger charge is -2.10. The maximum Gasteiger partial charge on any atom is 0.228 e. The molecule has 12 heteroatoms. The molecule has 0 aliphatic carbocycles. The number of halogens is 2. The van der Waals surface area contributed by atoms with Crippen molar-refractivity contribution in [1.29, 1.82) is 0 Å². The Morgan fingerprint density at radius 3 is 2.70 bits per heavy atom. The average molecular weight is 474 g/mol. The van der Waals surface area contributed by atoms with Crippen molar-refractivity contribution in [3.05, 3.63) is 54.5 Å². The molecule has 0 amide bonds. The molecule has 0 radical (unpaired) electrons. The van der Waals surface area contributed by atoms with Crippen LogP contribution in [0, 0.1) is 11.6 Å². The van der Waals surface area contributed by atoms with Crippen molar-refractivity contribution in [2.24, 2.45) is 0 Å². The molecule has 3 heterocycles. The second-order valence-electron chi connectivity index (χ2n) is 7.42. The summed E-state index contributed by atoms with van der Waals surface area (Å²) in [4.78, 5) is 14.9. The molecular weight excluding hydrogens is 454 g/mol. The minimum absolute atomic E-state index is 0.0846. The molecule has 4 rings (SSSR count). The molecular formula is C21H20F2N6O3S. The van der Waals surface area contributed by atoms with Crippen LogP contribution in [-0.2, 0) is 9.84 Å². The number of aromatic nitrogens is 4. The Labute approximate surface area is 187 Å². The van der Waals surface area contributed by atoms with Gasteiger partial charge in [0, 0.05) is 30.8 Å². The largest absolute Gasteiger partial charge is 0.392 e. The van der Waals surface area contributed by atoms with Crippen molar-refractivity contribution >= 4 is 38.2 Å². The molecule has 4 aromatic rings. The fourth-order valence-electron chi connectivity index (χ4n) is 3.24. The van der Waals surface area contributed by atoms with Gasteiger partial charge in [-0.2, -0.15) is 0 Å². The second-order valence-corrected chi connectivity index (χ2v) is 9.40. The Morgan fingerprint density at radius 1 is 1.18 bits per heavy atom. The lowest BCUT2D eigenvalue weighted by molar-refractivity contribution is 0.208. The van der Waals surface area contributed by atoms with Gasteiger partial charge in [0.25, 0.3) is 0 Å². The van der Waals surface area contributed by atoms with E-state index in [9.17, 15) is 22.3 Å². The molecule has 1 aromatic carbocycles. The Bertz CT molecular complexity index is 1440. The fraction of sp³-hybridized carbons (Fsp3) is 0.190. The number of aromatic amines is 1. The highest BCUT2D eigenvalue weighted by Gasteiger charge is 2.19. The third-order valence-electron chi connectivity index (χ3n) is 4.76. The Kier molecular flexibility index (Phi) is 5.95. The van der Waals surface area contributed by atoms with Gasteiger partial charge in [-0.15, -0.1) is 0 Å². The first-order valence-electron chi connectivity index (χ1n) is 9.81. The van der Waals surface area contributed by atoms with Crippen LogP contribution < -0.4 is 10.6 Å². The number of sulfone groups is 1. The molecule has 0 saturated heterocycles. The molecule has 1 unspecified atom stereocenters. The molecule has 4 N–H and O–H groups in total. The summed E-state index contributed by atoms with van der Waals surface area (Å²) in [7, 11) is -3.79. The molecule has 0 aliphatic rings. The van der Waals surface area contributed by atoms with Crippen LogP contribution in [0.5, 0.6) is 0 Å². The van der Waals surface area contributed by atoms with Gasteiger partial charge in [0.15, 0.2) is 21.5 Å². The van der Waals surface area contributed by atoms with Crippen LogP contribution >= 0.6 is 0 Å². The summed E-state index contributed by atoms with van der Waals surface area (Å²) >= 11 is 0. The second kappa shape index (κ2) is 8.71. The number of rotatable bonds is 7. The van der Waals surface area contributed by atoms with Crippen LogP contribution in [0.15, 0.2) is 47.8 Å². The molecule has 172 valence electrons.